The van der Waals surface area contributed by atoms with Crippen LogP contribution in [0.4, 0.5) is 0 Å². The fraction of sp³-hybridized carbons (Fsp3) is 0.800. The van der Waals surface area contributed by atoms with Crippen molar-refractivity contribution in [2.75, 3.05) is 6.54 Å². The highest BCUT2D eigenvalue weighted by molar-refractivity contribution is 5.12. The lowest BCUT2D eigenvalue weighted by Gasteiger charge is -2.27. The Morgan fingerprint density at radius 2 is 2.05 bits per heavy atom. The fourth-order valence-corrected chi connectivity index (χ4v) is 1.75. The first kappa shape index (κ1) is 16.0. The van der Waals surface area contributed by atoms with Crippen LogP contribution in [0.3, 0.4) is 0 Å². The van der Waals surface area contributed by atoms with Gasteiger partial charge in [-0.1, -0.05) is 20.8 Å². The molecule has 0 aliphatic carbocycles. The highest BCUT2D eigenvalue weighted by atomic mass is 16.5. The lowest BCUT2D eigenvalue weighted by atomic mass is 10.0. The van der Waals surface area contributed by atoms with Crippen molar-refractivity contribution in [3.63, 3.8) is 0 Å². The molecular formula is C15H29N3O. The monoisotopic (exact) mass is 267 g/mol. The molecule has 1 heterocycles. The van der Waals surface area contributed by atoms with Gasteiger partial charge in [-0.25, -0.2) is 0 Å². The zero-order valence-electron chi connectivity index (χ0n) is 13.2. The standard InChI is InChI=1S/C15H29N3O/c1-7-8-18-11-13(9-17-18)19-14(12(2)3)10-16-15(4,5)6/h9,11-12,14,16H,7-8,10H2,1-6H3. The normalized spacial score (nSPS) is 13.8. The van der Waals surface area contributed by atoms with Crippen molar-refractivity contribution in [3.8, 4) is 5.75 Å². The van der Waals surface area contributed by atoms with E-state index in [2.05, 4.69) is 52.0 Å². The van der Waals surface area contributed by atoms with Crippen molar-refractivity contribution in [1.82, 2.24) is 15.1 Å². The third-order valence-corrected chi connectivity index (χ3v) is 2.93. The van der Waals surface area contributed by atoms with Gasteiger partial charge in [-0.2, -0.15) is 5.10 Å². The maximum absolute atomic E-state index is 6.05. The summed E-state index contributed by atoms with van der Waals surface area (Å²) in [6.45, 7) is 14.8. The summed E-state index contributed by atoms with van der Waals surface area (Å²) in [5.74, 6) is 1.33. The van der Waals surface area contributed by atoms with Crippen molar-refractivity contribution in [2.45, 2.75) is 66.2 Å². The largest absolute Gasteiger partial charge is 0.486 e. The van der Waals surface area contributed by atoms with Gasteiger partial charge < -0.3 is 10.1 Å². The summed E-state index contributed by atoms with van der Waals surface area (Å²) in [6, 6.07) is 0. The molecule has 0 saturated carbocycles. The molecule has 4 heteroatoms. The number of nitrogens with one attached hydrogen (secondary N) is 1. The zero-order valence-corrected chi connectivity index (χ0v) is 13.2. The first-order valence-electron chi connectivity index (χ1n) is 7.26. The maximum atomic E-state index is 6.05. The summed E-state index contributed by atoms with van der Waals surface area (Å²) in [5.41, 5.74) is 0.114. The third-order valence-electron chi connectivity index (χ3n) is 2.93. The Kier molecular flexibility index (Phi) is 5.85. The number of rotatable bonds is 7. The van der Waals surface area contributed by atoms with Crippen LogP contribution in [0.25, 0.3) is 0 Å². The van der Waals surface area contributed by atoms with Crippen LogP contribution in [0.1, 0.15) is 48.0 Å². The minimum Gasteiger partial charge on any atom is -0.486 e. The molecule has 0 bridgehead atoms. The number of aryl methyl sites for hydroxylation is 1. The Balaban J connectivity index is 2.57. The van der Waals surface area contributed by atoms with Crippen molar-refractivity contribution >= 4 is 0 Å². The lowest BCUT2D eigenvalue weighted by Crippen LogP contribution is -2.44. The van der Waals surface area contributed by atoms with E-state index in [1.165, 1.54) is 0 Å². The van der Waals surface area contributed by atoms with E-state index < -0.39 is 0 Å². The van der Waals surface area contributed by atoms with E-state index in [1.54, 1.807) is 0 Å². The average molecular weight is 267 g/mol. The second-order valence-electron chi connectivity index (χ2n) is 6.47. The Bertz CT molecular complexity index is 366. The molecule has 0 fully saturated rings. The minimum atomic E-state index is 0.114. The van der Waals surface area contributed by atoms with Gasteiger partial charge in [0.05, 0.1) is 12.4 Å². The lowest BCUT2D eigenvalue weighted by molar-refractivity contribution is 0.139. The van der Waals surface area contributed by atoms with Crippen LogP contribution in [0, 0.1) is 5.92 Å². The molecule has 0 aromatic carbocycles. The summed E-state index contributed by atoms with van der Waals surface area (Å²) < 4.78 is 7.99. The molecule has 4 nitrogen and oxygen atoms in total. The minimum absolute atomic E-state index is 0.114. The highest BCUT2D eigenvalue weighted by Crippen LogP contribution is 2.15. The molecule has 0 radical (unpaired) electrons. The van der Waals surface area contributed by atoms with Gasteiger partial charge in [0, 0.05) is 18.6 Å². The molecule has 0 aliphatic heterocycles. The van der Waals surface area contributed by atoms with Gasteiger partial charge in [0.1, 0.15) is 6.10 Å². The smallest absolute Gasteiger partial charge is 0.157 e. The first-order chi connectivity index (χ1) is 8.81. The predicted octanol–water partition coefficient (Wildman–Crippen LogP) is 3.08. The second-order valence-corrected chi connectivity index (χ2v) is 6.47. The molecule has 1 unspecified atom stereocenters. The number of ether oxygens (including phenoxy) is 1. The Labute approximate surface area is 117 Å². The van der Waals surface area contributed by atoms with Crippen molar-refractivity contribution in [2.24, 2.45) is 5.92 Å². The summed E-state index contributed by atoms with van der Waals surface area (Å²) in [5, 5.41) is 7.80. The van der Waals surface area contributed by atoms with E-state index in [4.69, 9.17) is 4.74 Å². The summed E-state index contributed by atoms with van der Waals surface area (Å²) in [4.78, 5) is 0. The van der Waals surface area contributed by atoms with Gasteiger partial charge in [-0.3, -0.25) is 4.68 Å². The predicted molar refractivity (Wildman–Crippen MR) is 79.5 cm³/mol. The van der Waals surface area contributed by atoms with E-state index >= 15 is 0 Å². The molecule has 1 aromatic rings. The average Bonchev–Trinajstić information content (AvgIpc) is 2.70. The number of hydrogen-bond acceptors (Lipinski definition) is 3. The van der Waals surface area contributed by atoms with E-state index in [9.17, 15) is 0 Å². The zero-order chi connectivity index (χ0) is 14.5. The molecule has 1 N–H and O–H groups in total. The molecular weight excluding hydrogens is 238 g/mol. The molecule has 0 amide bonds. The third kappa shape index (κ3) is 6.10. The molecule has 0 aliphatic rings. The molecule has 1 atom stereocenters. The van der Waals surface area contributed by atoms with Crippen LogP contribution < -0.4 is 10.1 Å². The van der Waals surface area contributed by atoms with E-state index in [0.29, 0.717) is 5.92 Å². The van der Waals surface area contributed by atoms with E-state index in [1.807, 2.05) is 17.1 Å². The van der Waals surface area contributed by atoms with Gasteiger partial charge in [-0.15, -0.1) is 0 Å². The molecule has 0 spiro atoms. The Morgan fingerprint density at radius 3 is 2.58 bits per heavy atom. The van der Waals surface area contributed by atoms with Crippen LogP contribution in [0.15, 0.2) is 12.4 Å². The summed E-state index contributed by atoms with van der Waals surface area (Å²) in [7, 11) is 0. The van der Waals surface area contributed by atoms with Crippen molar-refractivity contribution in [3.05, 3.63) is 12.4 Å². The molecule has 1 rings (SSSR count). The van der Waals surface area contributed by atoms with E-state index in [-0.39, 0.29) is 11.6 Å². The highest BCUT2D eigenvalue weighted by Gasteiger charge is 2.19. The number of nitrogens with zero attached hydrogens (tertiary/aromatic N) is 2. The van der Waals surface area contributed by atoms with Gasteiger partial charge >= 0.3 is 0 Å². The van der Waals surface area contributed by atoms with Gasteiger partial charge in [-0.05, 0) is 33.1 Å². The number of hydrogen-bond donors (Lipinski definition) is 1. The Morgan fingerprint density at radius 1 is 1.37 bits per heavy atom. The first-order valence-corrected chi connectivity index (χ1v) is 7.26. The number of aromatic nitrogens is 2. The van der Waals surface area contributed by atoms with E-state index in [0.717, 1.165) is 25.3 Å². The van der Waals surface area contributed by atoms with Crippen molar-refractivity contribution < 1.29 is 4.74 Å². The van der Waals surface area contributed by atoms with Crippen LogP contribution in [0.5, 0.6) is 5.75 Å². The van der Waals surface area contributed by atoms with Gasteiger partial charge in [0.15, 0.2) is 5.75 Å². The molecule has 19 heavy (non-hydrogen) atoms. The quantitative estimate of drug-likeness (QED) is 0.825. The van der Waals surface area contributed by atoms with Crippen molar-refractivity contribution in [1.29, 1.82) is 0 Å². The van der Waals surface area contributed by atoms with Crippen LogP contribution in [0.2, 0.25) is 0 Å². The summed E-state index contributed by atoms with van der Waals surface area (Å²) >= 11 is 0. The SMILES string of the molecule is CCCn1cc(OC(CNC(C)(C)C)C(C)C)cn1. The van der Waals surface area contributed by atoms with Gasteiger partial charge in [0.25, 0.3) is 0 Å². The second kappa shape index (κ2) is 6.94. The molecule has 110 valence electrons. The van der Waals surface area contributed by atoms with Crippen LogP contribution in [-0.2, 0) is 6.54 Å². The van der Waals surface area contributed by atoms with Crippen LogP contribution >= 0.6 is 0 Å². The van der Waals surface area contributed by atoms with Gasteiger partial charge in [0.2, 0.25) is 0 Å². The fourth-order valence-electron chi connectivity index (χ4n) is 1.75. The van der Waals surface area contributed by atoms with Crippen LogP contribution in [-0.4, -0.2) is 28.0 Å². The Hall–Kier alpha value is -1.03. The maximum Gasteiger partial charge on any atom is 0.157 e. The molecule has 1 aromatic heterocycles. The summed E-state index contributed by atoms with van der Waals surface area (Å²) in [6.07, 6.45) is 5.04. The topological polar surface area (TPSA) is 39.1 Å². The molecule has 0 saturated heterocycles.